The van der Waals surface area contributed by atoms with Crippen LogP contribution in [0.3, 0.4) is 0 Å². The first kappa shape index (κ1) is 17.6. The highest BCUT2D eigenvalue weighted by atomic mass is 32.5. The molecular formula is C6H9F9O2S. The van der Waals surface area contributed by atoms with Gasteiger partial charge in [-0.05, 0) is 0 Å². The maximum absolute atomic E-state index is 12.7. The van der Waals surface area contributed by atoms with Crippen molar-refractivity contribution in [2.24, 2.45) is 0 Å². The van der Waals surface area contributed by atoms with Crippen LogP contribution in [0.25, 0.3) is 0 Å². The predicted octanol–water partition coefficient (Wildman–Crippen LogP) is 4.52. The minimum Gasteiger partial charge on any atom is -0.356 e. The minimum atomic E-state index is -11.7. The van der Waals surface area contributed by atoms with Gasteiger partial charge in [0.2, 0.25) is 0 Å². The molecule has 0 radical (unpaired) electrons. The summed E-state index contributed by atoms with van der Waals surface area (Å²) in [5.74, 6) is -6.08. The highest BCUT2D eigenvalue weighted by molar-refractivity contribution is 8.46. The smallest absolute Gasteiger partial charge is 0.356 e. The fourth-order valence-electron chi connectivity index (χ4n) is 0.873. The van der Waals surface area contributed by atoms with E-state index < -0.39 is 34.1 Å². The van der Waals surface area contributed by atoms with Gasteiger partial charge in [0.05, 0.1) is 6.42 Å². The van der Waals surface area contributed by atoms with Gasteiger partial charge in [0.25, 0.3) is 0 Å². The molecule has 0 spiro atoms. The maximum Gasteiger partial charge on any atom is 0.443 e. The van der Waals surface area contributed by atoms with Crippen LogP contribution in [0.2, 0.25) is 0 Å². The Bertz CT molecular complexity index is 305. The van der Waals surface area contributed by atoms with Crippen molar-refractivity contribution in [1.82, 2.24) is 0 Å². The number of alkyl halides is 4. The van der Waals surface area contributed by atoms with Gasteiger partial charge in [-0.25, -0.2) is 0 Å². The monoisotopic (exact) mass is 316 g/mol. The van der Waals surface area contributed by atoms with E-state index in [4.69, 9.17) is 0 Å². The zero-order chi connectivity index (χ0) is 15.1. The van der Waals surface area contributed by atoms with E-state index in [0.717, 1.165) is 0 Å². The number of rotatable bonds is 6. The van der Waals surface area contributed by atoms with Gasteiger partial charge in [0.15, 0.2) is 6.29 Å². The fraction of sp³-hybridized carbons (Fsp3) is 1.00. The third-order valence-electron chi connectivity index (χ3n) is 1.86. The molecule has 18 heavy (non-hydrogen) atoms. The Morgan fingerprint density at radius 3 is 1.44 bits per heavy atom. The van der Waals surface area contributed by atoms with Crippen LogP contribution < -0.4 is 0 Å². The lowest BCUT2D eigenvalue weighted by atomic mass is 10.2. The number of methoxy groups -OCH3 is 2. The molecule has 12 heteroatoms. The summed E-state index contributed by atoms with van der Waals surface area (Å²) in [7, 11) is -10.4. The van der Waals surface area contributed by atoms with Gasteiger partial charge in [-0.2, -0.15) is 17.6 Å². The van der Waals surface area contributed by atoms with Crippen molar-refractivity contribution in [2.75, 3.05) is 14.2 Å². The number of ether oxygens (including phenoxy) is 2. The van der Waals surface area contributed by atoms with Crippen LogP contribution in [0.4, 0.5) is 37.0 Å². The van der Waals surface area contributed by atoms with Crippen LogP contribution in [0, 0.1) is 0 Å². The van der Waals surface area contributed by atoms with Crippen molar-refractivity contribution in [3.05, 3.63) is 0 Å². The first-order valence-corrected chi connectivity index (χ1v) is 5.98. The summed E-state index contributed by atoms with van der Waals surface area (Å²) in [5.41, 5.74) is 0. The minimum absolute atomic E-state index is 0.669. The topological polar surface area (TPSA) is 18.5 Å². The van der Waals surface area contributed by atoms with Crippen LogP contribution in [-0.4, -0.2) is 31.7 Å². The summed E-state index contributed by atoms with van der Waals surface area (Å²) in [6, 6.07) is 0. The lowest BCUT2D eigenvalue weighted by Crippen LogP contribution is -2.50. The highest BCUT2D eigenvalue weighted by Gasteiger charge is 2.91. The molecule has 0 bridgehead atoms. The van der Waals surface area contributed by atoms with Crippen molar-refractivity contribution in [3.8, 4) is 0 Å². The number of halogens is 9. The van der Waals surface area contributed by atoms with Crippen molar-refractivity contribution in [1.29, 1.82) is 0 Å². The first-order valence-electron chi connectivity index (χ1n) is 4.03. The molecule has 0 fully saturated rings. The molecule has 0 amide bonds. The summed E-state index contributed by atoms with van der Waals surface area (Å²) < 4.78 is 117. The molecule has 0 heterocycles. The van der Waals surface area contributed by atoms with Gasteiger partial charge in [0, 0.05) is 14.2 Å². The average molecular weight is 316 g/mol. The summed E-state index contributed by atoms with van der Waals surface area (Å²) in [5, 5.41) is -7.47. The normalized spacial score (nSPS) is 18.7. The number of hydrogen-bond acceptors (Lipinski definition) is 2. The van der Waals surface area contributed by atoms with Crippen LogP contribution in [0.15, 0.2) is 0 Å². The molecule has 114 valence electrons. The van der Waals surface area contributed by atoms with E-state index >= 15 is 0 Å². The molecule has 0 saturated heterocycles. The third kappa shape index (κ3) is 3.15. The Morgan fingerprint density at radius 1 is 0.889 bits per heavy atom. The molecule has 0 saturated carbocycles. The van der Waals surface area contributed by atoms with Crippen LogP contribution in [0.5, 0.6) is 0 Å². The van der Waals surface area contributed by atoms with Gasteiger partial charge >= 0.3 is 21.4 Å². The van der Waals surface area contributed by atoms with Crippen LogP contribution in [-0.2, 0) is 9.47 Å². The molecule has 0 aromatic heterocycles. The van der Waals surface area contributed by atoms with E-state index in [-0.39, 0.29) is 0 Å². The summed E-state index contributed by atoms with van der Waals surface area (Å²) >= 11 is 0. The number of hydrogen-bond donors (Lipinski definition) is 0. The van der Waals surface area contributed by atoms with E-state index in [0.29, 0.717) is 14.2 Å². The molecule has 0 atom stereocenters. The predicted molar refractivity (Wildman–Crippen MR) is 45.4 cm³/mol. The van der Waals surface area contributed by atoms with Gasteiger partial charge in [0.1, 0.15) is 0 Å². The molecule has 0 aliphatic heterocycles. The zero-order valence-corrected chi connectivity index (χ0v) is 9.73. The lowest BCUT2D eigenvalue weighted by Gasteiger charge is -2.48. The van der Waals surface area contributed by atoms with Crippen molar-refractivity contribution in [2.45, 2.75) is 23.9 Å². The second-order valence-electron chi connectivity index (χ2n) is 3.30. The second kappa shape index (κ2) is 3.82. The molecule has 0 N–H and O–H groups in total. The van der Waals surface area contributed by atoms with Crippen LogP contribution >= 0.6 is 10.2 Å². The van der Waals surface area contributed by atoms with E-state index in [1.807, 2.05) is 0 Å². The summed E-state index contributed by atoms with van der Waals surface area (Å²) in [4.78, 5) is 0. The highest BCUT2D eigenvalue weighted by Crippen LogP contribution is 3.05. The molecule has 0 aliphatic carbocycles. The van der Waals surface area contributed by atoms with Crippen molar-refractivity contribution < 1.29 is 46.5 Å². The summed E-state index contributed by atoms with van der Waals surface area (Å²) in [6.45, 7) is 0. The molecule has 0 aromatic rings. The second-order valence-corrected chi connectivity index (χ2v) is 5.75. The lowest BCUT2D eigenvalue weighted by molar-refractivity contribution is -0.221. The maximum atomic E-state index is 12.7. The SMILES string of the molecule is COC(CC(F)(F)C(F)(F)S(F)(F)(F)(F)F)OC. The van der Waals surface area contributed by atoms with Crippen molar-refractivity contribution in [3.63, 3.8) is 0 Å². The molecule has 0 unspecified atom stereocenters. The van der Waals surface area contributed by atoms with Gasteiger partial charge in [-0.3, -0.25) is 0 Å². The largest absolute Gasteiger partial charge is 0.443 e. The Labute approximate surface area is 95.8 Å². The van der Waals surface area contributed by atoms with E-state index in [9.17, 15) is 37.0 Å². The third-order valence-corrected chi connectivity index (χ3v) is 3.13. The average Bonchev–Trinajstić information content (AvgIpc) is 2.09. The molecule has 0 aliphatic rings. The fourth-order valence-corrected chi connectivity index (χ4v) is 1.52. The standard InChI is InChI=1S/C6H9F9O2S/c1-16-4(17-2)3-5(7,8)6(9,10)18(11,12,13,14)15/h4H,3H2,1-2H3. The quantitative estimate of drug-likeness (QED) is 0.530. The van der Waals surface area contributed by atoms with Gasteiger partial charge < -0.3 is 9.47 Å². The Morgan fingerprint density at radius 2 is 1.22 bits per heavy atom. The molecular weight excluding hydrogens is 307 g/mol. The van der Waals surface area contributed by atoms with E-state index in [2.05, 4.69) is 9.47 Å². The Hall–Kier alpha value is -0.360. The van der Waals surface area contributed by atoms with Crippen LogP contribution in [0.1, 0.15) is 6.42 Å². The Kier molecular flexibility index (Phi) is 3.74. The molecule has 0 aromatic carbocycles. The van der Waals surface area contributed by atoms with Gasteiger partial charge in [-0.1, -0.05) is 19.4 Å². The van der Waals surface area contributed by atoms with Gasteiger partial charge in [-0.15, -0.1) is 0 Å². The molecule has 0 rings (SSSR count). The Balaban J connectivity index is 5.49. The van der Waals surface area contributed by atoms with E-state index in [1.54, 1.807) is 0 Å². The summed E-state index contributed by atoms with van der Waals surface area (Å²) in [6.07, 6.45) is -4.57. The first-order chi connectivity index (χ1) is 7.49. The van der Waals surface area contributed by atoms with E-state index in [1.165, 1.54) is 0 Å². The zero-order valence-electron chi connectivity index (χ0n) is 8.91. The van der Waals surface area contributed by atoms with Crippen molar-refractivity contribution >= 4 is 10.2 Å². The molecule has 2 nitrogen and oxygen atoms in total.